The Balaban J connectivity index is 1.91. The van der Waals surface area contributed by atoms with E-state index in [0.29, 0.717) is 31.0 Å². The second kappa shape index (κ2) is 12.7. The van der Waals surface area contributed by atoms with Gasteiger partial charge in [-0.25, -0.2) is 0 Å². The van der Waals surface area contributed by atoms with E-state index in [0.717, 1.165) is 35.3 Å². The number of carbonyl (C=O) groups excluding carboxylic acids is 1. The van der Waals surface area contributed by atoms with Crippen molar-refractivity contribution in [2.24, 2.45) is 10.4 Å². The molecule has 2 N–H and O–H groups in total. The molecule has 7 heteroatoms. The number of aromatic hydroxyl groups is 1. The van der Waals surface area contributed by atoms with E-state index in [4.69, 9.17) is 21.6 Å². The van der Waals surface area contributed by atoms with Gasteiger partial charge in [-0.2, -0.15) is 4.51 Å². The zero-order valence-corrected chi connectivity index (χ0v) is 25.3. The minimum absolute atomic E-state index is 0.0168. The average molecular weight is 557 g/mol. The Kier molecular flexibility index (Phi) is 10.1. The number of rotatable bonds is 10. The van der Waals surface area contributed by atoms with Crippen molar-refractivity contribution in [1.82, 2.24) is 4.90 Å². The van der Waals surface area contributed by atoms with Gasteiger partial charge in [0.25, 0.3) is 0 Å². The summed E-state index contributed by atoms with van der Waals surface area (Å²) in [5.74, 6) is 1.97. The highest BCUT2D eigenvalue weighted by molar-refractivity contribution is 6.21. The zero-order chi connectivity index (χ0) is 29.0. The average Bonchev–Trinajstić information content (AvgIpc) is 3.20. The van der Waals surface area contributed by atoms with Crippen LogP contribution >= 0.6 is 11.8 Å². The van der Waals surface area contributed by atoms with E-state index in [1.54, 1.807) is 0 Å². The van der Waals surface area contributed by atoms with Gasteiger partial charge in [-0.1, -0.05) is 67.0 Å². The number of carbonyl (C=O) groups is 1. The smallest absolute Gasteiger partial charge is 0.182 e. The molecule has 1 aliphatic heterocycles. The minimum atomic E-state index is -0.317. The molecule has 0 aromatic heterocycles. The van der Waals surface area contributed by atoms with E-state index in [1.807, 2.05) is 82.8 Å². The molecule has 1 fully saturated rings. The fraction of sp³-hybridized carbons (Fsp3) is 0.562. The van der Waals surface area contributed by atoms with Crippen LogP contribution in [0.1, 0.15) is 101 Å². The first-order valence-electron chi connectivity index (χ1n) is 14.0. The van der Waals surface area contributed by atoms with E-state index in [-0.39, 0.29) is 47.4 Å². The largest absolute Gasteiger partial charge is 0.507 e. The number of hydrogen-bond donors (Lipinski definition) is 2. The third-order valence-corrected chi connectivity index (χ3v) is 7.64. The number of Topliss-reactive ketones (excluding diaryl/α,β-unsaturated/α-hetero) is 1. The molecule has 1 aliphatic rings. The topological polar surface area (TPSA) is 82.4 Å². The van der Waals surface area contributed by atoms with Crippen LogP contribution < -0.4 is 4.74 Å². The second-order valence-corrected chi connectivity index (χ2v) is 12.9. The number of amidine groups is 1. The number of halogens is 1. The lowest BCUT2D eigenvalue weighted by Crippen LogP contribution is -2.32. The van der Waals surface area contributed by atoms with Crippen molar-refractivity contribution in [2.75, 3.05) is 26.3 Å². The normalized spacial score (nSPS) is 19.1. The van der Waals surface area contributed by atoms with Crippen molar-refractivity contribution in [1.29, 1.82) is 0 Å². The number of benzene rings is 2. The fourth-order valence-corrected chi connectivity index (χ4v) is 5.63. The van der Waals surface area contributed by atoms with Crippen molar-refractivity contribution in [3.8, 4) is 11.5 Å². The van der Waals surface area contributed by atoms with Crippen LogP contribution in [0.5, 0.6) is 11.5 Å². The third-order valence-electron chi connectivity index (χ3n) is 7.47. The lowest BCUT2D eigenvalue weighted by molar-refractivity contribution is 0.0963. The molecule has 2 aromatic carbocycles. The summed E-state index contributed by atoms with van der Waals surface area (Å²) in [6.07, 6.45) is 2.59. The molecule has 214 valence electrons. The van der Waals surface area contributed by atoms with Gasteiger partial charge in [-0.3, -0.25) is 4.79 Å². The predicted octanol–water partition coefficient (Wildman–Crippen LogP) is 7.00. The molecule has 0 aliphatic carbocycles. The van der Waals surface area contributed by atoms with Gasteiger partial charge in [0.1, 0.15) is 17.3 Å². The molecule has 0 amide bonds. The van der Waals surface area contributed by atoms with Crippen LogP contribution in [-0.4, -0.2) is 53.0 Å². The Morgan fingerprint density at radius 3 is 2.15 bits per heavy atom. The number of phenols is 1. The first kappa shape index (κ1) is 31.0. The van der Waals surface area contributed by atoms with Crippen molar-refractivity contribution in [2.45, 2.75) is 84.5 Å². The lowest BCUT2D eigenvalue weighted by atomic mass is 9.78. The Labute approximate surface area is 239 Å². The molecule has 0 radical (unpaired) electrons. The van der Waals surface area contributed by atoms with Gasteiger partial charge >= 0.3 is 0 Å². The molecule has 2 aromatic rings. The molecule has 6 nitrogen and oxygen atoms in total. The van der Waals surface area contributed by atoms with Crippen molar-refractivity contribution in [3.05, 3.63) is 58.7 Å². The summed E-state index contributed by atoms with van der Waals surface area (Å²) >= 11 is 6.20. The van der Waals surface area contributed by atoms with E-state index in [2.05, 4.69) is 11.4 Å². The maximum absolute atomic E-state index is 13.8. The number of ketones is 1. The van der Waals surface area contributed by atoms with Gasteiger partial charge in [-0.15, -0.1) is 0 Å². The van der Waals surface area contributed by atoms with Gasteiger partial charge in [0.2, 0.25) is 0 Å². The number of nitrogens with zero attached hydrogens (tertiary/aromatic N) is 2. The van der Waals surface area contributed by atoms with Gasteiger partial charge in [-0.05, 0) is 53.0 Å². The van der Waals surface area contributed by atoms with Gasteiger partial charge in [0.15, 0.2) is 5.78 Å². The van der Waals surface area contributed by atoms with E-state index in [1.165, 1.54) is 0 Å². The standard InChI is InChI=1S/C32H45ClN2O4/c1-8-10-22-19-35(30(34-33)28(22)21-11-13-24(14-12-21)39-16-9-15-36)20-27(37)23-17-25(31(2,3)4)29(38)26(18-23)32(5,6)7/h11-14,17-18,22,28,36,38H,8-10,15-16,19-20H2,1-7H3/t22-,28+/m0/s1. The third kappa shape index (κ3) is 7.34. The van der Waals surface area contributed by atoms with Gasteiger partial charge < -0.3 is 19.8 Å². The summed E-state index contributed by atoms with van der Waals surface area (Å²) in [6.45, 7) is 15.9. The molecule has 1 heterocycles. The van der Waals surface area contributed by atoms with Crippen LogP contribution in [0.3, 0.4) is 0 Å². The van der Waals surface area contributed by atoms with Gasteiger partial charge in [0.05, 0.1) is 13.2 Å². The Bertz CT molecular complexity index is 1130. The summed E-state index contributed by atoms with van der Waals surface area (Å²) in [6, 6.07) is 11.6. The van der Waals surface area contributed by atoms with Crippen LogP contribution in [0.2, 0.25) is 0 Å². The van der Waals surface area contributed by atoms with Crippen LogP contribution in [0.25, 0.3) is 0 Å². The predicted molar refractivity (Wildman–Crippen MR) is 159 cm³/mol. The summed E-state index contributed by atoms with van der Waals surface area (Å²) in [5, 5.41) is 20.1. The Morgan fingerprint density at radius 1 is 1.08 bits per heavy atom. The molecule has 0 unspecified atom stereocenters. The molecule has 3 rings (SSSR count). The van der Waals surface area contributed by atoms with Crippen molar-refractivity contribution in [3.63, 3.8) is 0 Å². The highest BCUT2D eigenvalue weighted by Crippen LogP contribution is 2.41. The SMILES string of the molecule is CCC[C@H]1CN(CC(=O)c2cc(C(C)(C)C)c(O)c(C(C)(C)C)c2)C(=NCl)[C@@H]1c1ccc(OCCCO)cc1. The molecule has 39 heavy (non-hydrogen) atoms. The molecule has 0 spiro atoms. The first-order chi connectivity index (χ1) is 18.3. The number of phenolic OH excluding ortho intramolecular Hbond substituents is 1. The van der Waals surface area contributed by atoms with E-state index >= 15 is 0 Å². The molecular weight excluding hydrogens is 512 g/mol. The molecule has 0 saturated carbocycles. The maximum Gasteiger partial charge on any atom is 0.182 e. The molecule has 2 atom stereocenters. The van der Waals surface area contributed by atoms with Crippen molar-refractivity contribution < 1.29 is 19.7 Å². The molecule has 0 bridgehead atoms. The Hall–Kier alpha value is -2.57. The molecular formula is C32H45ClN2O4. The minimum Gasteiger partial charge on any atom is -0.507 e. The lowest BCUT2D eigenvalue weighted by Gasteiger charge is -2.28. The van der Waals surface area contributed by atoms with Crippen LogP contribution in [-0.2, 0) is 10.8 Å². The summed E-state index contributed by atoms with van der Waals surface area (Å²) in [7, 11) is 0. The maximum atomic E-state index is 13.8. The summed E-state index contributed by atoms with van der Waals surface area (Å²) < 4.78 is 9.88. The van der Waals surface area contributed by atoms with E-state index in [9.17, 15) is 9.90 Å². The number of aliphatic hydroxyl groups is 1. The highest BCUT2D eigenvalue weighted by Gasteiger charge is 2.40. The number of hydrogen-bond acceptors (Lipinski definition) is 5. The van der Waals surface area contributed by atoms with Crippen LogP contribution in [0.4, 0.5) is 0 Å². The Morgan fingerprint density at radius 2 is 1.67 bits per heavy atom. The second-order valence-electron chi connectivity index (χ2n) is 12.7. The number of likely N-dealkylation sites (tertiary alicyclic amines) is 1. The quantitative estimate of drug-likeness (QED) is 0.243. The number of aliphatic hydroxyl groups excluding tert-OH is 1. The van der Waals surface area contributed by atoms with E-state index < -0.39 is 0 Å². The summed E-state index contributed by atoms with van der Waals surface area (Å²) in [4.78, 5) is 15.8. The van der Waals surface area contributed by atoms with Gasteiger partial charge in [0, 0.05) is 54.0 Å². The van der Waals surface area contributed by atoms with Crippen LogP contribution in [0.15, 0.2) is 40.9 Å². The summed E-state index contributed by atoms with van der Waals surface area (Å²) in [5.41, 5.74) is 2.59. The zero-order valence-electron chi connectivity index (χ0n) is 24.6. The monoisotopic (exact) mass is 556 g/mol. The first-order valence-corrected chi connectivity index (χ1v) is 14.3. The number of ether oxygens (including phenoxy) is 1. The highest BCUT2D eigenvalue weighted by atomic mass is 35.5. The fourth-order valence-electron chi connectivity index (χ4n) is 5.42. The molecule has 1 saturated heterocycles. The van der Waals surface area contributed by atoms with Crippen molar-refractivity contribution >= 4 is 23.4 Å². The van der Waals surface area contributed by atoms with Crippen LogP contribution in [0, 0.1) is 5.92 Å².